The summed E-state index contributed by atoms with van der Waals surface area (Å²) < 4.78 is 32.4. The summed E-state index contributed by atoms with van der Waals surface area (Å²) in [7, 11) is -3.61. The molecule has 2 saturated heterocycles. The molecule has 2 fully saturated rings. The van der Waals surface area contributed by atoms with Gasteiger partial charge in [-0.05, 0) is 49.9 Å². The van der Waals surface area contributed by atoms with Gasteiger partial charge in [0.05, 0.1) is 16.9 Å². The SMILES string of the molecule is O=C(NC[C@H]1CCCO1)[C@@H]1CCCN(S(=O)(=O)c2ccc(Cl)cc2)C1. The van der Waals surface area contributed by atoms with Gasteiger partial charge in [-0.1, -0.05) is 11.6 Å². The molecule has 2 heterocycles. The smallest absolute Gasteiger partial charge is 0.243 e. The molecule has 0 aliphatic carbocycles. The second kappa shape index (κ2) is 8.03. The Kier molecular flexibility index (Phi) is 5.99. The van der Waals surface area contributed by atoms with E-state index in [1.807, 2.05) is 0 Å². The summed E-state index contributed by atoms with van der Waals surface area (Å²) in [5, 5.41) is 3.40. The van der Waals surface area contributed by atoms with Gasteiger partial charge in [-0.25, -0.2) is 8.42 Å². The molecule has 1 aromatic rings. The van der Waals surface area contributed by atoms with Gasteiger partial charge in [-0.15, -0.1) is 0 Å². The van der Waals surface area contributed by atoms with Crippen molar-refractivity contribution in [2.75, 3.05) is 26.2 Å². The first kappa shape index (κ1) is 18.6. The van der Waals surface area contributed by atoms with E-state index in [0.717, 1.165) is 19.4 Å². The summed E-state index contributed by atoms with van der Waals surface area (Å²) in [5.41, 5.74) is 0. The highest BCUT2D eigenvalue weighted by atomic mass is 35.5. The first-order chi connectivity index (χ1) is 12.0. The van der Waals surface area contributed by atoms with Crippen molar-refractivity contribution in [3.05, 3.63) is 29.3 Å². The van der Waals surface area contributed by atoms with Crippen molar-refractivity contribution in [1.82, 2.24) is 9.62 Å². The molecule has 0 bridgehead atoms. The Morgan fingerprint density at radius 2 is 2.00 bits per heavy atom. The van der Waals surface area contributed by atoms with E-state index in [9.17, 15) is 13.2 Å². The first-order valence-electron chi connectivity index (χ1n) is 8.62. The van der Waals surface area contributed by atoms with E-state index < -0.39 is 10.0 Å². The van der Waals surface area contributed by atoms with E-state index in [-0.39, 0.29) is 29.4 Å². The molecule has 2 atom stereocenters. The second-order valence-electron chi connectivity index (χ2n) is 6.54. The van der Waals surface area contributed by atoms with Gasteiger partial charge in [0.15, 0.2) is 0 Å². The van der Waals surface area contributed by atoms with E-state index in [0.29, 0.717) is 31.0 Å². The number of carbonyl (C=O) groups excluding carboxylic acids is 1. The molecule has 1 amide bonds. The molecule has 8 heteroatoms. The van der Waals surface area contributed by atoms with Crippen LogP contribution in [0.1, 0.15) is 25.7 Å². The fourth-order valence-corrected chi connectivity index (χ4v) is 4.94. The van der Waals surface area contributed by atoms with E-state index in [2.05, 4.69) is 5.32 Å². The number of nitrogens with zero attached hydrogens (tertiary/aromatic N) is 1. The standard InChI is InChI=1S/C17H23ClN2O4S/c18-14-5-7-16(8-6-14)25(22,23)20-9-1-3-13(12-20)17(21)19-11-15-4-2-10-24-15/h5-8,13,15H,1-4,9-12H2,(H,19,21)/t13-,15-/m1/s1. The van der Waals surface area contributed by atoms with Crippen LogP contribution in [0.3, 0.4) is 0 Å². The van der Waals surface area contributed by atoms with Crippen molar-refractivity contribution in [1.29, 1.82) is 0 Å². The summed E-state index contributed by atoms with van der Waals surface area (Å²) in [5.74, 6) is -0.413. The number of rotatable bonds is 5. The number of halogens is 1. The summed E-state index contributed by atoms with van der Waals surface area (Å²) in [4.78, 5) is 12.6. The normalized spacial score (nSPS) is 25.0. The molecule has 0 unspecified atom stereocenters. The van der Waals surface area contributed by atoms with Crippen molar-refractivity contribution in [3.63, 3.8) is 0 Å². The minimum atomic E-state index is -3.61. The number of nitrogens with one attached hydrogen (secondary N) is 1. The van der Waals surface area contributed by atoms with Crippen LogP contribution in [0.5, 0.6) is 0 Å². The third-order valence-electron chi connectivity index (χ3n) is 4.73. The molecule has 3 rings (SSSR count). The summed E-state index contributed by atoms with van der Waals surface area (Å²) >= 11 is 5.83. The predicted molar refractivity (Wildman–Crippen MR) is 94.9 cm³/mol. The molecule has 1 aromatic carbocycles. The maximum absolute atomic E-state index is 12.8. The number of sulfonamides is 1. The van der Waals surface area contributed by atoms with Crippen LogP contribution in [0.2, 0.25) is 5.02 Å². The third-order valence-corrected chi connectivity index (χ3v) is 6.87. The lowest BCUT2D eigenvalue weighted by atomic mass is 9.99. The van der Waals surface area contributed by atoms with Crippen LogP contribution in [0.15, 0.2) is 29.2 Å². The van der Waals surface area contributed by atoms with Crippen molar-refractivity contribution in [3.8, 4) is 0 Å². The minimum absolute atomic E-state index is 0.0847. The highest BCUT2D eigenvalue weighted by Crippen LogP contribution is 2.25. The number of hydrogen-bond acceptors (Lipinski definition) is 4. The summed E-state index contributed by atoms with van der Waals surface area (Å²) in [6.45, 7) is 1.89. The maximum Gasteiger partial charge on any atom is 0.243 e. The van der Waals surface area contributed by atoms with Gasteiger partial charge in [0.2, 0.25) is 15.9 Å². The van der Waals surface area contributed by atoms with E-state index in [4.69, 9.17) is 16.3 Å². The van der Waals surface area contributed by atoms with Crippen molar-refractivity contribution in [2.45, 2.75) is 36.7 Å². The first-order valence-corrected chi connectivity index (χ1v) is 10.4. The largest absolute Gasteiger partial charge is 0.376 e. The molecule has 0 aromatic heterocycles. The molecule has 1 N–H and O–H groups in total. The Hall–Kier alpha value is -1.15. The Bertz CT molecular complexity index is 702. The fraction of sp³-hybridized carbons (Fsp3) is 0.588. The van der Waals surface area contributed by atoms with Crippen LogP contribution in [-0.2, 0) is 19.6 Å². The molecule has 2 aliphatic rings. The highest BCUT2D eigenvalue weighted by Gasteiger charge is 2.33. The Morgan fingerprint density at radius 1 is 1.24 bits per heavy atom. The van der Waals surface area contributed by atoms with Crippen molar-refractivity contribution < 1.29 is 17.9 Å². The lowest BCUT2D eigenvalue weighted by molar-refractivity contribution is -0.126. The second-order valence-corrected chi connectivity index (χ2v) is 8.91. The zero-order valence-corrected chi connectivity index (χ0v) is 15.6. The molecule has 2 aliphatic heterocycles. The van der Waals surface area contributed by atoms with Crippen LogP contribution in [0.4, 0.5) is 0 Å². The molecule has 25 heavy (non-hydrogen) atoms. The Morgan fingerprint density at radius 3 is 2.68 bits per heavy atom. The van der Waals surface area contributed by atoms with Crippen LogP contribution >= 0.6 is 11.6 Å². The predicted octanol–water partition coefficient (Wildman–Crippen LogP) is 2.04. The van der Waals surface area contributed by atoms with Crippen LogP contribution in [0.25, 0.3) is 0 Å². The van der Waals surface area contributed by atoms with Gasteiger partial charge < -0.3 is 10.1 Å². The molecule has 0 spiro atoms. The molecule has 6 nitrogen and oxygen atoms in total. The molecular formula is C17H23ClN2O4S. The van der Waals surface area contributed by atoms with Gasteiger partial charge in [0, 0.05) is 31.3 Å². The van der Waals surface area contributed by atoms with E-state index in [1.165, 1.54) is 16.4 Å². The number of hydrogen-bond donors (Lipinski definition) is 1. The minimum Gasteiger partial charge on any atom is -0.376 e. The Balaban J connectivity index is 1.61. The quantitative estimate of drug-likeness (QED) is 0.840. The maximum atomic E-state index is 12.8. The Labute approximate surface area is 153 Å². The monoisotopic (exact) mass is 386 g/mol. The number of piperidine rings is 1. The summed E-state index contributed by atoms with van der Waals surface area (Å²) in [6, 6.07) is 6.12. The zero-order chi connectivity index (χ0) is 17.9. The average Bonchev–Trinajstić information content (AvgIpc) is 3.14. The van der Waals surface area contributed by atoms with E-state index in [1.54, 1.807) is 12.1 Å². The number of amides is 1. The number of benzene rings is 1. The summed E-state index contributed by atoms with van der Waals surface area (Å²) in [6.07, 6.45) is 3.44. The molecule has 0 radical (unpaired) electrons. The number of carbonyl (C=O) groups is 1. The van der Waals surface area contributed by atoms with Crippen LogP contribution in [-0.4, -0.2) is 51.0 Å². The van der Waals surface area contributed by atoms with Crippen LogP contribution < -0.4 is 5.32 Å². The lowest BCUT2D eigenvalue weighted by Crippen LogP contribution is -2.46. The zero-order valence-electron chi connectivity index (χ0n) is 14.0. The van der Waals surface area contributed by atoms with Gasteiger partial charge in [-0.2, -0.15) is 4.31 Å². The molecular weight excluding hydrogens is 364 g/mol. The van der Waals surface area contributed by atoms with Crippen molar-refractivity contribution in [2.24, 2.45) is 5.92 Å². The van der Waals surface area contributed by atoms with Gasteiger partial charge in [0.1, 0.15) is 0 Å². The average molecular weight is 387 g/mol. The van der Waals surface area contributed by atoms with Gasteiger partial charge in [-0.3, -0.25) is 4.79 Å². The lowest BCUT2D eigenvalue weighted by Gasteiger charge is -2.31. The number of ether oxygens (including phenoxy) is 1. The van der Waals surface area contributed by atoms with Gasteiger partial charge in [0.25, 0.3) is 0 Å². The fourth-order valence-electron chi connectivity index (χ4n) is 3.29. The topological polar surface area (TPSA) is 75.7 Å². The third kappa shape index (κ3) is 4.53. The molecule has 0 saturated carbocycles. The van der Waals surface area contributed by atoms with Crippen molar-refractivity contribution >= 4 is 27.5 Å². The van der Waals surface area contributed by atoms with E-state index >= 15 is 0 Å². The highest BCUT2D eigenvalue weighted by molar-refractivity contribution is 7.89. The van der Waals surface area contributed by atoms with Crippen LogP contribution in [0, 0.1) is 5.92 Å². The molecule has 138 valence electrons. The van der Waals surface area contributed by atoms with Gasteiger partial charge >= 0.3 is 0 Å².